The predicted molar refractivity (Wildman–Crippen MR) is 76.1 cm³/mol. The molecule has 0 atom stereocenters. The average molecular weight is 316 g/mol. The van der Waals surface area contributed by atoms with E-state index >= 15 is 0 Å². The highest BCUT2D eigenvalue weighted by atomic mass is 35.5. The summed E-state index contributed by atoms with van der Waals surface area (Å²) in [7, 11) is 0. The van der Waals surface area contributed by atoms with Gasteiger partial charge >= 0.3 is 6.18 Å². The van der Waals surface area contributed by atoms with E-state index in [2.05, 4.69) is 5.32 Å². The van der Waals surface area contributed by atoms with Gasteiger partial charge in [0, 0.05) is 6.54 Å². The van der Waals surface area contributed by atoms with E-state index in [1.807, 2.05) is 0 Å². The van der Waals surface area contributed by atoms with Crippen molar-refractivity contribution in [2.45, 2.75) is 19.3 Å². The van der Waals surface area contributed by atoms with Gasteiger partial charge in [-0.05, 0) is 23.3 Å². The molecule has 0 aliphatic carbocycles. The Morgan fingerprint density at radius 3 is 2.19 bits per heavy atom. The quantitative estimate of drug-likeness (QED) is 0.873. The van der Waals surface area contributed by atoms with Crippen LogP contribution in [-0.4, -0.2) is 5.11 Å². The minimum absolute atomic E-state index is 0.0248. The topological polar surface area (TPSA) is 32.3 Å². The van der Waals surface area contributed by atoms with Gasteiger partial charge in [0.1, 0.15) is 0 Å². The first-order valence-corrected chi connectivity index (χ1v) is 6.58. The first-order valence-electron chi connectivity index (χ1n) is 6.20. The molecule has 2 aromatic carbocycles. The number of nitrogens with one attached hydrogen (secondary N) is 1. The summed E-state index contributed by atoms with van der Waals surface area (Å²) in [5.74, 6) is 0. The molecule has 0 radical (unpaired) electrons. The molecule has 2 nitrogen and oxygen atoms in total. The van der Waals surface area contributed by atoms with Gasteiger partial charge in [-0.1, -0.05) is 41.9 Å². The molecular formula is C15H13ClF3NO. The molecule has 21 heavy (non-hydrogen) atoms. The third-order valence-electron chi connectivity index (χ3n) is 2.99. The van der Waals surface area contributed by atoms with E-state index in [9.17, 15) is 13.2 Å². The molecule has 2 rings (SSSR count). The minimum Gasteiger partial charge on any atom is -0.392 e. The fourth-order valence-electron chi connectivity index (χ4n) is 1.89. The molecule has 0 heterocycles. The summed E-state index contributed by atoms with van der Waals surface area (Å²) in [6, 6.07) is 10.6. The van der Waals surface area contributed by atoms with E-state index in [1.54, 1.807) is 24.3 Å². The maximum Gasteiger partial charge on any atom is 0.418 e. The molecule has 0 aliphatic rings. The summed E-state index contributed by atoms with van der Waals surface area (Å²) in [6.45, 7) is 0.134. The number of aliphatic hydroxyl groups is 1. The van der Waals surface area contributed by atoms with Crippen LogP contribution in [0.2, 0.25) is 5.02 Å². The zero-order valence-electron chi connectivity index (χ0n) is 10.9. The number of hydrogen-bond donors (Lipinski definition) is 2. The Kier molecular flexibility index (Phi) is 4.75. The Labute approximate surface area is 125 Å². The first kappa shape index (κ1) is 15.7. The molecule has 6 heteroatoms. The van der Waals surface area contributed by atoms with Crippen LogP contribution in [0.25, 0.3) is 0 Å². The van der Waals surface area contributed by atoms with E-state index < -0.39 is 11.7 Å². The predicted octanol–water partition coefficient (Wildman–Crippen LogP) is 4.46. The summed E-state index contributed by atoms with van der Waals surface area (Å²) >= 11 is 5.85. The van der Waals surface area contributed by atoms with Gasteiger partial charge in [0.15, 0.2) is 0 Å². The first-order chi connectivity index (χ1) is 9.91. The number of rotatable bonds is 4. The SMILES string of the molecule is OCc1ccc(CNc2c(Cl)cccc2C(F)(F)F)cc1. The highest BCUT2D eigenvalue weighted by molar-refractivity contribution is 6.33. The number of halogens is 4. The largest absolute Gasteiger partial charge is 0.418 e. The molecule has 0 unspecified atom stereocenters. The Morgan fingerprint density at radius 1 is 1.00 bits per heavy atom. The number of anilines is 1. The van der Waals surface area contributed by atoms with Crippen LogP contribution < -0.4 is 5.32 Å². The van der Waals surface area contributed by atoms with Gasteiger partial charge in [-0.25, -0.2) is 0 Å². The van der Waals surface area contributed by atoms with Crippen molar-refractivity contribution in [1.82, 2.24) is 0 Å². The molecule has 0 spiro atoms. The van der Waals surface area contributed by atoms with Crippen LogP contribution in [0.3, 0.4) is 0 Å². The van der Waals surface area contributed by atoms with Crippen molar-refractivity contribution in [2.75, 3.05) is 5.32 Å². The van der Waals surface area contributed by atoms with Gasteiger partial charge < -0.3 is 10.4 Å². The van der Waals surface area contributed by atoms with Gasteiger partial charge in [-0.3, -0.25) is 0 Å². The van der Waals surface area contributed by atoms with Crippen LogP contribution in [0.1, 0.15) is 16.7 Å². The number of aliphatic hydroxyl groups excluding tert-OH is 1. The highest BCUT2D eigenvalue weighted by Gasteiger charge is 2.34. The monoisotopic (exact) mass is 315 g/mol. The van der Waals surface area contributed by atoms with Crippen molar-refractivity contribution in [2.24, 2.45) is 0 Å². The van der Waals surface area contributed by atoms with Crippen LogP contribution in [0.5, 0.6) is 0 Å². The fraction of sp³-hybridized carbons (Fsp3) is 0.200. The fourth-order valence-corrected chi connectivity index (χ4v) is 2.13. The van der Waals surface area contributed by atoms with Gasteiger partial charge in [-0.2, -0.15) is 13.2 Å². The van der Waals surface area contributed by atoms with E-state index in [0.717, 1.165) is 17.2 Å². The van der Waals surface area contributed by atoms with Crippen molar-refractivity contribution >= 4 is 17.3 Å². The zero-order chi connectivity index (χ0) is 15.5. The van der Waals surface area contributed by atoms with E-state index in [1.165, 1.54) is 12.1 Å². The van der Waals surface area contributed by atoms with Crippen LogP contribution >= 0.6 is 11.6 Å². The van der Waals surface area contributed by atoms with E-state index in [-0.39, 0.29) is 23.9 Å². The summed E-state index contributed by atoms with van der Waals surface area (Å²) in [6.07, 6.45) is -4.46. The minimum atomic E-state index is -4.46. The Bertz CT molecular complexity index is 611. The lowest BCUT2D eigenvalue weighted by molar-refractivity contribution is -0.136. The summed E-state index contributed by atoms with van der Waals surface area (Å²) in [5.41, 5.74) is 0.618. The third kappa shape index (κ3) is 3.89. The lowest BCUT2D eigenvalue weighted by atomic mass is 10.1. The normalized spacial score (nSPS) is 11.5. The maximum absolute atomic E-state index is 12.9. The molecular weight excluding hydrogens is 303 g/mol. The van der Waals surface area contributed by atoms with Crippen molar-refractivity contribution in [3.8, 4) is 0 Å². The standard InChI is InChI=1S/C15H13ClF3NO/c16-13-3-1-2-12(15(17,18)19)14(13)20-8-10-4-6-11(9-21)7-5-10/h1-7,20-21H,8-9H2. The maximum atomic E-state index is 12.9. The van der Waals surface area contributed by atoms with Crippen molar-refractivity contribution in [1.29, 1.82) is 0 Å². The van der Waals surface area contributed by atoms with Crippen LogP contribution in [-0.2, 0) is 19.3 Å². The second-order valence-corrected chi connectivity index (χ2v) is 4.90. The second-order valence-electron chi connectivity index (χ2n) is 4.49. The summed E-state index contributed by atoms with van der Waals surface area (Å²) in [5, 5.41) is 11.7. The molecule has 0 aromatic heterocycles. The van der Waals surface area contributed by atoms with Crippen molar-refractivity contribution in [3.63, 3.8) is 0 Å². The van der Waals surface area contributed by atoms with E-state index in [4.69, 9.17) is 16.7 Å². The van der Waals surface area contributed by atoms with Gasteiger partial charge in [0.05, 0.1) is 22.9 Å². The Hall–Kier alpha value is -1.72. The van der Waals surface area contributed by atoms with Gasteiger partial charge in [-0.15, -0.1) is 0 Å². The Balaban J connectivity index is 2.19. The average Bonchev–Trinajstić information content (AvgIpc) is 2.45. The van der Waals surface area contributed by atoms with Crippen LogP contribution in [0, 0.1) is 0 Å². The summed E-state index contributed by atoms with van der Waals surface area (Å²) < 4.78 is 38.8. The number of hydrogen-bond acceptors (Lipinski definition) is 2. The molecule has 2 aromatic rings. The van der Waals surface area contributed by atoms with Crippen molar-refractivity contribution < 1.29 is 18.3 Å². The summed E-state index contributed by atoms with van der Waals surface area (Å²) in [4.78, 5) is 0. The number of para-hydroxylation sites is 1. The van der Waals surface area contributed by atoms with Crippen LogP contribution in [0.15, 0.2) is 42.5 Å². The third-order valence-corrected chi connectivity index (χ3v) is 3.31. The van der Waals surface area contributed by atoms with Gasteiger partial charge in [0.25, 0.3) is 0 Å². The molecule has 0 bridgehead atoms. The lowest BCUT2D eigenvalue weighted by Crippen LogP contribution is -2.11. The molecule has 0 amide bonds. The second kappa shape index (κ2) is 6.37. The lowest BCUT2D eigenvalue weighted by Gasteiger charge is -2.16. The van der Waals surface area contributed by atoms with Crippen molar-refractivity contribution in [3.05, 3.63) is 64.2 Å². The highest BCUT2D eigenvalue weighted by Crippen LogP contribution is 2.38. The number of benzene rings is 2. The van der Waals surface area contributed by atoms with Crippen LogP contribution in [0.4, 0.5) is 18.9 Å². The number of alkyl halides is 3. The Morgan fingerprint density at radius 2 is 1.62 bits per heavy atom. The zero-order valence-corrected chi connectivity index (χ0v) is 11.7. The van der Waals surface area contributed by atoms with E-state index in [0.29, 0.717) is 0 Å². The molecule has 0 aliphatic heterocycles. The molecule has 0 saturated heterocycles. The molecule has 2 N–H and O–H groups in total. The van der Waals surface area contributed by atoms with Gasteiger partial charge in [0.2, 0.25) is 0 Å². The molecule has 0 saturated carbocycles. The smallest absolute Gasteiger partial charge is 0.392 e. The molecule has 0 fully saturated rings. The molecule has 112 valence electrons.